The van der Waals surface area contributed by atoms with Gasteiger partial charge in [-0.1, -0.05) is 28.1 Å². The lowest BCUT2D eigenvalue weighted by Crippen LogP contribution is -2.16. The lowest BCUT2D eigenvalue weighted by molar-refractivity contribution is 0.976. The van der Waals surface area contributed by atoms with Crippen LogP contribution in [0.2, 0.25) is 0 Å². The van der Waals surface area contributed by atoms with Crippen LogP contribution in [-0.2, 0) is 6.42 Å². The summed E-state index contributed by atoms with van der Waals surface area (Å²) in [6, 6.07) is 16.7. The fraction of sp³-hybridized carbons (Fsp3) is 0.136. The quantitative estimate of drug-likeness (QED) is 0.435. The molecular formula is C22H17BrN4. The Morgan fingerprint density at radius 2 is 1.96 bits per heavy atom. The minimum absolute atomic E-state index is 0.703. The van der Waals surface area contributed by atoms with E-state index in [0.29, 0.717) is 5.82 Å². The van der Waals surface area contributed by atoms with E-state index in [9.17, 15) is 0 Å². The van der Waals surface area contributed by atoms with E-state index in [-0.39, 0.29) is 0 Å². The number of fused-ring (bicyclic) bond motifs is 2. The first-order valence-electron chi connectivity index (χ1n) is 8.94. The molecule has 1 aliphatic heterocycles. The number of halogens is 1. The van der Waals surface area contributed by atoms with Gasteiger partial charge in [0.05, 0.1) is 5.52 Å². The molecule has 0 N–H and O–H groups in total. The second-order valence-corrected chi connectivity index (χ2v) is 7.72. The summed E-state index contributed by atoms with van der Waals surface area (Å²) in [5.74, 6) is 1.65. The summed E-state index contributed by atoms with van der Waals surface area (Å²) in [6.45, 7) is 3.05. The van der Waals surface area contributed by atoms with Gasteiger partial charge in [0.25, 0.3) is 0 Å². The fourth-order valence-electron chi connectivity index (χ4n) is 3.62. The molecule has 0 saturated carbocycles. The van der Waals surface area contributed by atoms with Crippen molar-refractivity contribution in [1.29, 1.82) is 0 Å². The number of hydrogen-bond donors (Lipinski definition) is 0. The summed E-state index contributed by atoms with van der Waals surface area (Å²) in [4.78, 5) is 16.3. The van der Waals surface area contributed by atoms with E-state index in [1.54, 1.807) is 6.20 Å². The Labute approximate surface area is 166 Å². The summed E-state index contributed by atoms with van der Waals surface area (Å²) in [6.07, 6.45) is 4.60. The molecule has 5 rings (SSSR count). The first kappa shape index (κ1) is 16.4. The van der Waals surface area contributed by atoms with Crippen LogP contribution >= 0.6 is 15.9 Å². The van der Waals surface area contributed by atoms with Crippen molar-refractivity contribution in [2.45, 2.75) is 13.3 Å². The summed E-state index contributed by atoms with van der Waals surface area (Å²) in [7, 11) is 0. The highest BCUT2D eigenvalue weighted by Gasteiger charge is 2.24. The molecule has 0 atom stereocenters. The summed E-state index contributed by atoms with van der Waals surface area (Å²) < 4.78 is 1.03. The molecule has 0 radical (unpaired) electrons. The van der Waals surface area contributed by atoms with Crippen molar-refractivity contribution in [3.63, 3.8) is 0 Å². The summed E-state index contributed by atoms with van der Waals surface area (Å²) in [5, 5.41) is 1.05. The standard InChI is InChI=1S/C22H17BrN4/c1-14-4-5-15-8-10-27(20(15)11-14)22-18-12-17(23)6-7-19(18)25-21(26-22)16-3-2-9-24-13-16/h2-7,9,11-13H,8,10H2,1H3. The number of nitrogens with zero attached hydrogens (tertiary/aromatic N) is 4. The molecule has 2 aromatic heterocycles. The van der Waals surface area contributed by atoms with Gasteiger partial charge in [0, 0.05) is 40.0 Å². The van der Waals surface area contributed by atoms with Crippen molar-refractivity contribution >= 4 is 38.3 Å². The molecule has 0 fully saturated rings. The molecule has 5 heteroatoms. The molecule has 27 heavy (non-hydrogen) atoms. The third-order valence-corrected chi connectivity index (χ3v) is 5.44. The fourth-order valence-corrected chi connectivity index (χ4v) is 3.98. The molecule has 3 heterocycles. The van der Waals surface area contributed by atoms with Gasteiger partial charge in [0.1, 0.15) is 5.82 Å². The Kier molecular flexibility index (Phi) is 3.90. The van der Waals surface area contributed by atoms with Crippen LogP contribution in [0.5, 0.6) is 0 Å². The number of pyridine rings is 1. The highest BCUT2D eigenvalue weighted by molar-refractivity contribution is 9.10. The first-order chi connectivity index (χ1) is 13.2. The molecule has 0 amide bonds. The second kappa shape index (κ2) is 6.43. The molecule has 0 bridgehead atoms. The average molecular weight is 417 g/mol. The third-order valence-electron chi connectivity index (χ3n) is 4.95. The SMILES string of the molecule is Cc1ccc2c(c1)N(c1nc(-c3cccnc3)nc3ccc(Br)cc13)CC2. The van der Waals surface area contributed by atoms with E-state index in [4.69, 9.17) is 9.97 Å². The van der Waals surface area contributed by atoms with Crippen molar-refractivity contribution < 1.29 is 0 Å². The number of aryl methyl sites for hydroxylation is 1. The van der Waals surface area contributed by atoms with Crippen LogP contribution in [-0.4, -0.2) is 21.5 Å². The summed E-state index contributed by atoms with van der Waals surface area (Å²) >= 11 is 3.60. The Hall–Kier alpha value is -2.79. The van der Waals surface area contributed by atoms with E-state index in [1.165, 1.54) is 16.8 Å². The molecule has 1 aliphatic rings. The molecule has 0 saturated heterocycles. The maximum absolute atomic E-state index is 4.98. The predicted octanol–water partition coefficient (Wildman–Crippen LogP) is 5.46. The van der Waals surface area contributed by atoms with E-state index in [1.807, 2.05) is 30.5 Å². The lowest BCUT2D eigenvalue weighted by atomic mass is 10.1. The van der Waals surface area contributed by atoms with E-state index in [2.05, 4.69) is 57.0 Å². The van der Waals surface area contributed by atoms with Crippen molar-refractivity contribution in [3.05, 3.63) is 76.5 Å². The van der Waals surface area contributed by atoms with Gasteiger partial charge >= 0.3 is 0 Å². The molecule has 4 aromatic rings. The van der Waals surface area contributed by atoms with Crippen LogP contribution in [0.1, 0.15) is 11.1 Å². The highest BCUT2D eigenvalue weighted by atomic mass is 79.9. The number of aromatic nitrogens is 3. The van der Waals surface area contributed by atoms with Crippen molar-refractivity contribution in [2.24, 2.45) is 0 Å². The van der Waals surface area contributed by atoms with Crippen LogP contribution in [0.3, 0.4) is 0 Å². The zero-order valence-corrected chi connectivity index (χ0v) is 16.4. The van der Waals surface area contributed by atoms with Crippen LogP contribution in [0.4, 0.5) is 11.5 Å². The normalized spacial score (nSPS) is 13.2. The molecule has 0 aliphatic carbocycles. The predicted molar refractivity (Wildman–Crippen MR) is 112 cm³/mol. The van der Waals surface area contributed by atoms with E-state index >= 15 is 0 Å². The number of hydrogen-bond acceptors (Lipinski definition) is 4. The molecule has 2 aromatic carbocycles. The molecule has 0 spiro atoms. The molecule has 4 nitrogen and oxygen atoms in total. The Balaban J connectivity index is 1.76. The van der Waals surface area contributed by atoms with Gasteiger partial charge in [-0.15, -0.1) is 0 Å². The number of rotatable bonds is 2. The first-order valence-corrected chi connectivity index (χ1v) is 9.73. The number of benzene rings is 2. The maximum Gasteiger partial charge on any atom is 0.163 e. The molecular weight excluding hydrogens is 400 g/mol. The average Bonchev–Trinajstić information content (AvgIpc) is 3.10. The van der Waals surface area contributed by atoms with Gasteiger partial charge in [-0.05, 0) is 60.9 Å². The maximum atomic E-state index is 4.98. The van der Waals surface area contributed by atoms with E-state index < -0.39 is 0 Å². The lowest BCUT2D eigenvalue weighted by Gasteiger charge is -2.21. The van der Waals surface area contributed by atoms with Crippen molar-refractivity contribution in [3.8, 4) is 11.4 Å². The Morgan fingerprint density at radius 1 is 1.04 bits per heavy atom. The zero-order chi connectivity index (χ0) is 18.4. The minimum atomic E-state index is 0.703. The monoisotopic (exact) mass is 416 g/mol. The highest BCUT2D eigenvalue weighted by Crippen LogP contribution is 2.38. The van der Waals surface area contributed by atoms with Gasteiger partial charge in [0.2, 0.25) is 0 Å². The minimum Gasteiger partial charge on any atom is -0.325 e. The largest absolute Gasteiger partial charge is 0.325 e. The van der Waals surface area contributed by atoms with E-state index in [0.717, 1.165) is 39.7 Å². The Bertz CT molecular complexity index is 1160. The molecule has 0 unspecified atom stereocenters. The van der Waals surface area contributed by atoms with Crippen LogP contribution in [0, 0.1) is 6.92 Å². The zero-order valence-electron chi connectivity index (χ0n) is 14.9. The van der Waals surface area contributed by atoms with Gasteiger partial charge in [-0.25, -0.2) is 9.97 Å². The summed E-state index contributed by atoms with van der Waals surface area (Å²) in [5.41, 5.74) is 5.72. The number of anilines is 2. The van der Waals surface area contributed by atoms with Crippen LogP contribution in [0.15, 0.2) is 65.4 Å². The molecule has 132 valence electrons. The van der Waals surface area contributed by atoms with Gasteiger partial charge in [-0.3, -0.25) is 4.98 Å². The van der Waals surface area contributed by atoms with Gasteiger partial charge in [0.15, 0.2) is 5.82 Å². The second-order valence-electron chi connectivity index (χ2n) is 6.81. The van der Waals surface area contributed by atoms with Crippen molar-refractivity contribution in [2.75, 3.05) is 11.4 Å². The smallest absolute Gasteiger partial charge is 0.163 e. The third kappa shape index (κ3) is 2.88. The topological polar surface area (TPSA) is 41.9 Å². The van der Waals surface area contributed by atoms with Crippen LogP contribution in [0.25, 0.3) is 22.3 Å². The van der Waals surface area contributed by atoms with Gasteiger partial charge < -0.3 is 4.90 Å². The van der Waals surface area contributed by atoms with Crippen molar-refractivity contribution in [1.82, 2.24) is 15.0 Å². The van der Waals surface area contributed by atoms with Crippen LogP contribution < -0.4 is 4.90 Å². The Morgan fingerprint density at radius 3 is 2.81 bits per heavy atom. The van der Waals surface area contributed by atoms with Gasteiger partial charge in [-0.2, -0.15) is 0 Å².